The Morgan fingerprint density at radius 1 is 1.43 bits per heavy atom. The van der Waals surface area contributed by atoms with Crippen molar-refractivity contribution < 1.29 is 14.6 Å². The molecule has 1 aliphatic heterocycles. The van der Waals surface area contributed by atoms with Crippen LogP contribution in [0.25, 0.3) is 0 Å². The molecule has 21 heavy (non-hydrogen) atoms. The maximum absolute atomic E-state index is 11.5. The predicted molar refractivity (Wildman–Crippen MR) is 80.1 cm³/mol. The molecule has 2 aliphatic carbocycles. The predicted octanol–water partition coefficient (Wildman–Crippen LogP) is 1.77. The van der Waals surface area contributed by atoms with Crippen molar-refractivity contribution in [1.29, 1.82) is 0 Å². The highest BCUT2D eigenvalue weighted by Gasteiger charge is 2.66. The van der Waals surface area contributed by atoms with E-state index in [1.165, 1.54) is 11.1 Å². The van der Waals surface area contributed by atoms with Crippen LogP contribution in [0.2, 0.25) is 0 Å². The van der Waals surface area contributed by atoms with Crippen molar-refractivity contribution in [3.05, 3.63) is 23.3 Å². The first kappa shape index (κ1) is 13.4. The number of aliphatic hydroxyl groups is 1. The first-order valence-electron chi connectivity index (χ1n) is 7.83. The molecule has 0 radical (unpaired) electrons. The lowest BCUT2D eigenvalue weighted by molar-refractivity contribution is -0.123. The summed E-state index contributed by atoms with van der Waals surface area (Å²) < 4.78 is 11.8. The van der Waals surface area contributed by atoms with Gasteiger partial charge >= 0.3 is 0 Å². The van der Waals surface area contributed by atoms with Gasteiger partial charge in [-0.3, -0.25) is 0 Å². The minimum atomic E-state index is -0.755. The zero-order valence-corrected chi connectivity index (χ0v) is 12.9. The maximum Gasteiger partial charge on any atom is 0.165 e. The van der Waals surface area contributed by atoms with Gasteiger partial charge in [0.25, 0.3) is 0 Å². The number of methoxy groups -OCH3 is 1. The summed E-state index contributed by atoms with van der Waals surface area (Å²) >= 11 is 0. The minimum Gasteiger partial charge on any atom is -0.493 e. The quantitative estimate of drug-likeness (QED) is 0.871. The average molecular weight is 289 g/mol. The molecule has 4 heteroatoms. The topological polar surface area (TPSA) is 50.7 Å². The summed E-state index contributed by atoms with van der Waals surface area (Å²) in [7, 11) is 3.62. The molecule has 1 aromatic rings. The van der Waals surface area contributed by atoms with E-state index in [0.29, 0.717) is 0 Å². The number of hydrogen-bond donors (Lipinski definition) is 2. The molecular weight excluding hydrogens is 266 g/mol. The van der Waals surface area contributed by atoms with Crippen molar-refractivity contribution in [2.75, 3.05) is 14.2 Å². The largest absolute Gasteiger partial charge is 0.493 e. The first-order valence-corrected chi connectivity index (χ1v) is 7.83. The fraction of sp³-hybridized carbons (Fsp3) is 0.647. The van der Waals surface area contributed by atoms with Gasteiger partial charge in [-0.05, 0) is 51.3 Å². The molecule has 1 aromatic carbocycles. The van der Waals surface area contributed by atoms with Crippen LogP contribution in [0.1, 0.15) is 37.3 Å². The van der Waals surface area contributed by atoms with Gasteiger partial charge in [0.1, 0.15) is 6.10 Å². The summed E-state index contributed by atoms with van der Waals surface area (Å²) in [4.78, 5) is 0. The van der Waals surface area contributed by atoms with Crippen molar-refractivity contribution in [2.45, 2.75) is 55.8 Å². The highest BCUT2D eigenvalue weighted by molar-refractivity contribution is 5.61. The molecule has 0 bridgehead atoms. The molecule has 4 rings (SSSR count). The Morgan fingerprint density at radius 2 is 2.24 bits per heavy atom. The van der Waals surface area contributed by atoms with Gasteiger partial charge in [0.15, 0.2) is 11.5 Å². The molecule has 1 unspecified atom stereocenters. The zero-order chi connectivity index (χ0) is 14.8. The van der Waals surface area contributed by atoms with Crippen LogP contribution in [0.4, 0.5) is 0 Å². The van der Waals surface area contributed by atoms with E-state index in [-0.39, 0.29) is 17.6 Å². The smallest absolute Gasteiger partial charge is 0.165 e. The van der Waals surface area contributed by atoms with E-state index in [1.807, 2.05) is 13.1 Å². The van der Waals surface area contributed by atoms with Crippen LogP contribution >= 0.6 is 0 Å². The van der Waals surface area contributed by atoms with Crippen LogP contribution in [-0.4, -0.2) is 37.0 Å². The molecule has 114 valence electrons. The summed E-state index contributed by atoms with van der Waals surface area (Å²) in [5.74, 6) is 1.65. The normalized spacial score (nSPS) is 39.6. The lowest BCUT2D eigenvalue weighted by atomic mass is 9.53. The number of likely N-dealkylation sites (N-methyl/N-ethyl adjacent to an activating group) is 1. The van der Waals surface area contributed by atoms with E-state index in [0.717, 1.165) is 37.2 Å². The van der Waals surface area contributed by atoms with Crippen LogP contribution in [0.5, 0.6) is 11.5 Å². The second-order valence-corrected chi connectivity index (χ2v) is 6.80. The van der Waals surface area contributed by atoms with Gasteiger partial charge in [-0.1, -0.05) is 6.07 Å². The van der Waals surface area contributed by atoms with Gasteiger partial charge in [0, 0.05) is 11.6 Å². The number of ether oxygens (including phenoxy) is 2. The van der Waals surface area contributed by atoms with Gasteiger partial charge < -0.3 is 19.9 Å². The Morgan fingerprint density at radius 3 is 2.95 bits per heavy atom. The van der Waals surface area contributed by atoms with Crippen molar-refractivity contribution in [3.8, 4) is 11.5 Å². The van der Waals surface area contributed by atoms with Gasteiger partial charge in [-0.2, -0.15) is 0 Å². The third-order valence-electron chi connectivity index (χ3n) is 6.12. The lowest BCUT2D eigenvalue weighted by Gasteiger charge is -2.55. The Labute approximate surface area is 125 Å². The minimum absolute atomic E-state index is 0.0393. The molecule has 2 N–H and O–H groups in total. The van der Waals surface area contributed by atoms with E-state index in [4.69, 9.17) is 9.47 Å². The van der Waals surface area contributed by atoms with Crippen LogP contribution in [0.3, 0.4) is 0 Å². The molecule has 0 amide bonds. The van der Waals surface area contributed by atoms with Crippen molar-refractivity contribution >= 4 is 0 Å². The van der Waals surface area contributed by atoms with Gasteiger partial charge in [0.2, 0.25) is 0 Å². The van der Waals surface area contributed by atoms with E-state index < -0.39 is 5.60 Å². The Bertz CT molecular complexity index is 602. The lowest BCUT2D eigenvalue weighted by Crippen LogP contribution is -2.69. The molecular formula is C17H23NO3. The van der Waals surface area contributed by atoms with Crippen LogP contribution in [0.15, 0.2) is 12.1 Å². The van der Waals surface area contributed by atoms with E-state index in [2.05, 4.69) is 18.3 Å². The highest BCUT2D eigenvalue weighted by atomic mass is 16.5. The number of benzene rings is 1. The second-order valence-electron chi connectivity index (χ2n) is 6.80. The van der Waals surface area contributed by atoms with Crippen LogP contribution < -0.4 is 14.8 Å². The maximum atomic E-state index is 11.5. The molecule has 1 heterocycles. The number of nitrogens with one attached hydrogen (secondary N) is 1. The van der Waals surface area contributed by atoms with Crippen LogP contribution in [-0.2, 0) is 11.8 Å². The molecule has 1 saturated carbocycles. The summed E-state index contributed by atoms with van der Waals surface area (Å²) in [6.07, 6.45) is 3.70. The number of hydrogen-bond acceptors (Lipinski definition) is 4. The number of rotatable bonds is 2. The van der Waals surface area contributed by atoms with E-state index in [9.17, 15) is 5.11 Å². The fourth-order valence-electron chi connectivity index (χ4n) is 4.97. The molecule has 0 spiro atoms. The molecule has 0 aromatic heterocycles. The van der Waals surface area contributed by atoms with Gasteiger partial charge in [0.05, 0.1) is 18.1 Å². The monoisotopic (exact) mass is 289 g/mol. The first-order chi connectivity index (χ1) is 10.1. The second kappa shape index (κ2) is 4.14. The molecule has 4 atom stereocenters. The summed E-state index contributed by atoms with van der Waals surface area (Å²) in [6, 6.07) is 4.19. The van der Waals surface area contributed by atoms with Crippen LogP contribution in [0, 0.1) is 0 Å². The zero-order valence-electron chi connectivity index (χ0n) is 12.9. The summed E-state index contributed by atoms with van der Waals surface area (Å²) in [5.41, 5.74) is 1.35. The fourth-order valence-corrected chi connectivity index (χ4v) is 4.97. The SMILES string of the molecule is CN[C@H]1Cc2ccc(OC)c3c2C2(C)[C@@H](CCC[C@]12O)O3. The van der Waals surface area contributed by atoms with Gasteiger partial charge in [-0.15, -0.1) is 0 Å². The summed E-state index contributed by atoms with van der Waals surface area (Å²) in [5, 5.41) is 14.9. The van der Waals surface area contributed by atoms with E-state index in [1.54, 1.807) is 7.11 Å². The molecule has 4 nitrogen and oxygen atoms in total. The highest BCUT2D eigenvalue weighted by Crippen LogP contribution is 2.61. The van der Waals surface area contributed by atoms with Gasteiger partial charge in [-0.25, -0.2) is 0 Å². The molecule has 3 aliphatic rings. The summed E-state index contributed by atoms with van der Waals surface area (Å²) in [6.45, 7) is 2.18. The third-order valence-corrected chi connectivity index (χ3v) is 6.12. The standard InChI is InChI=1S/C17H23NO3/c1-16-13-5-4-8-17(16,19)12(18-2)9-10-6-7-11(20-3)15(21-13)14(10)16/h6-7,12-13,18-19H,4-5,8-9H2,1-3H3/t12-,13+,16?,17-/m0/s1. The van der Waals surface area contributed by atoms with Crippen molar-refractivity contribution in [2.24, 2.45) is 0 Å². The third kappa shape index (κ3) is 1.38. The van der Waals surface area contributed by atoms with Crippen molar-refractivity contribution in [1.82, 2.24) is 5.32 Å². The Hall–Kier alpha value is -1.26. The average Bonchev–Trinajstić information content (AvgIpc) is 2.79. The Kier molecular flexibility index (Phi) is 2.64. The Balaban J connectivity index is 2.00. The van der Waals surface area contributed by atoms with Crippen molar-refractivity contribution in [3.63, 3.8) is 0 Å². The molecule has 0 saturated heterocycles. The van der Waals surface area contributed by atoms with E-state index >= 15 is 0 Å². The molecule has 1 fully saturated rings.